The molecule has 3 aromatic rings. The zero-order valence-corrected chi connectivity index (χ0v) is 19.0. The molecule has 1 aliphatic heterocycles. The molecule has 1 unspecified atom stereocenters. The summed E-state index contributed by atoms with van der Waals surface area (Å²) in [5.41, 5.74) is 0.875. The highest BCUT2D eigenvalue weighted by atomic mass is 32.2. The maximum atomic E-state index is 14.3. The average molecular weight is 488 g/mol. The fraction of sp³-hybridized carbons (Fsp3) is 0.240. The van der Waals surface area contributed by atoms with E-state index in [2.05, 4.69) is 0 Å². The van der Waals surface area contributed by atoms with Gasteiger partial charge in [0.1, 0.15) is 17.2 Å². The highest BCUT2D eigenvalue weighted by molar-refractivity contribution is 7.85. The van der Waals surface area contributed by atoms with E-state index in [1.807, 2.05) is 18.2 Å². The molecule has 1 saturated heterocycles. The van der Waals surface area contributed by atoms with Crippen LogP contribution in [0.5, 0.6) is 0 Å². The number of hydrogen-bond donors (Lipinski definition) is 1. The number of rotatable bonds is 7. The molecule has 0 saturated carbocycles. The molecule has 1 fully saturated rings. The predicted molar refractivity (Wildman–Crippen MR) is 124 cm³/mol. The van der Waals surface area contributed by atoms with Gasteiger partial charge in [-0.1, -0.05) is 42.5 Å². The van der Waals surface area contributed by atoms with Crippen LogP contribution in [0.15, 0.2) is 72.8 Å². The van der Waals surface area contributed by atoms with Gasteiger partial charge in [-0.05, 0) is 48.2 Å². The number of ether oxygens (including phenoxy) is 1. The SMILES string of the molecule is O=C1OC(CCCS(=O)(=O)O)(c2ccccc2)CCN1c1cccc(-c2ccc(F)cc2F)c1. The second-order valence-electron chi connectivity index (χ2n) is 8.19. The zero-order valence-electron chi connectivity index (χ0n) is 18.2. The molecule has 0 aliphatic carbocycles. The van der Waals surface area contributed by atoms with Crippen LogP contribution in [-0.4, -0.2) is 31.4 Å². The minimum absolute atomic E-state index is 0.111. The van der Waals surface area contributed by atoms with Gasteiger partial charge in [-0.25, -0.2) is 13.6 Å². The van der Waals surface area contributed by atoms with Gasteiger partial charge in [0.05, 0.1) is 5.75 Å². The van der Waals surface area contributed by atoms with Crippen LogP contribution in [0.4, 0.5) is 19.3 Å². The molecule has 1 aliphatic rings. The van der Waals surface area contributed by atoms with Gasteiger partial charge in [0.25, 0.3) is 10.1 Å². The van der Waals surface area contributed by atoms with E-state index in [0.29, 0.717) is 17.7 Å². The summed E-state index contributed by atoms with van der Waals surface area (Å²) in [6.07, 6.45) is 0.0830. The molecular weight excluding hydrogens is 464 g/mol. The Morgan fingerprint density at radius 2 is 1.76 bits per heavy atom. The average Bonchev–Trinajstić information content (AvgIpc) is 2.79. The number of cyclic esters (lactones) is 1. The number of anilines is 1. The van der Waals surface area contributed by atoms with Gasteiger partial charge >= 0.3 is 6.09 Å². The molecule has 1 atom stereocenters. The predicted octanol–water partition coefficient (Wildman–Crippen LogP) is 5.54. The van der Waals surface area contributed by atoms with Crippen molar-refractivity contribution in [3.05, 3.63) is 90.0 Å². The molecule has 1 heterocycles. The fourth-order valence-corrected chi connectivity index (χ4v) is 4.77. The Kier molecular flexibility index (Phi) is 6.67. The molecule has 178 valence electrons. The monoisotopic (exact) mass is 487 g/mol. The van der Waals surface area contributed by atoms with Gasteiger partial charge in [-0.2, -0.15) is 8.42 Å². The summed E-state index contributed by atoms with van der Waals surface area (Å²) in [6, 6.07) is 19.0. The molecule has 4 rings (SSSR count). The molecule has 9 heteroatoms. The molecule has 1 N–H and O–H groups in total. The van der Waals surface area contributed by atoms with Gasteiger partial charge in [0.2, 0.25) is 0 Å². The first-order valence-corrected chi connectivity index (χ1v) is 12.3. The van der Waals surface area contributed by atoms with Crippen LogP contribution in [0, 0.1) is 11.6 Å². The molecule has 0 bridgehead atoms. The van der Waals surface area contributed by atoms with Crippen molar-refractivity contribution >= 4 is 21.9 Å². The van der Waals surface area contributed by atoms with E-state index in [1.165, 1.54) is 17.0 Å². The molecule has 0 radical (unpaired) electrons. The number of halogens is 2. The third-order valence-corrected chi connectivity index (χ3v) is 6.73. The van der Waals surface area contributed by atoms with E-state index in [4.69, 9.17) is 9.29 Å². The van der Waals surface area contributed by atoms with E-state index < -0.39 is 39.2 Å². The fourth-order valence-electron chi connectivity index (χ4n) is 4.26. The summed E-state index contributed by atoms with van der Waals surface area (Å²) in [5, 5.41) is 0. The Labute approximate surface area is 196 Å². The van der Waals surface area contributed by atoms with Gasteiger partial charge < -0.3 is 4.74 Å². The number of nitrogens with zero attached hydrogens (tertiary/aromatic N) is 1. The van der Waals surface area contributed by atoms with Crippen LogP contribution in [0.2, 0.25) is 0 Å². The van der Waals surface area contributed by atoms with Crippen molar-refractivity contribution < 1.29 is 31.3 Å². The molecule has 34 heavy (non-hydrogen) atoms. The quantitative estimate of drug-likeness (QED) is 0.442. The van der Waals surface area contributed by atoms with E-state index in [-0.39, 0.29) is 24.9 Å². The minimum Gasteiger partial charge on any atom is -0.438 e. The van der Waals surface area contributed by atoms with Crippen molar-refractivity contribution in [2.24, 2.45) is 0 Å². The number of carbonyl (C=O) groups is 1. The Hall–Kier alpha value is -3.30. The molecule has 1 amide bonds. The zero-order chi connectivity index (χ0) is 24.3. The smallest absolute Gasteiger partial charge is 0.415 e. The van der Waals surface area contributed by atoms with Crippen molar-refractivity contribution in [2.75, 3.05) is 17.2 Å². The van der Waals surface area contributed by atoms with E-state index >= 15 is 0 Å². The largest absolute Gasteiger partial charge is 0.438 e. The van der Waals surface area contributed by atoms with Crippen molar-refractivity contribution in [1.29, 1.82) is 0 Å². The molecular formula is C25H23F2NO5S. The van der Waals surface area contributed by atoms with Crippen LogP contribution in [0.1, 0.15) is 24.8 Å². The topological polar surface area (TPSA) is 83.9 Å². The van der Waals surface area contributed by atoms with E-state index in [0.717, 1.165) is 11.6 Å². The number of hydrogen-bond acceptors (Lipinski definition) is 4. The Balaban J connectivity index is 1.59. The van der Waals surface area contributed by atoms with E-state index in [1.54, 1.807) is 36.4 Å². The summed E-state index contributed by atoms with van der Waals surface area (Å²) >= 11 is 0. The van der Waals surface area contributed by atoms with Crippen molar-refractivity contribution in [3.8, 4) is 11.1 Å². The van der Waals surface area contributed by atoms with Gasteiger partial charge in [0, 0.05) is 30.3 Å². The number of benzene rings is 3. The molecule has 0 aromatic heterocycles. The van der Waals surface area contributed by atoms with Crippen molar-refractivity contribution in [2.45, 2.75) is 24.9 Å². The highest BCUT2D eigenvalue weighted by Crippen LogP contribution is 2.40. The molecule has 3 aromatic carbocycles. The first kappa shape index (κ1) is 23.8. The maximum absolute atomic E-state index is 14.3. The third kappa shape index (κ3) is 5.26. The van der Waals surface area contributed by atoms with Gasteiger partial charge in [0.15, 0.2) is 0 Å². The van der Waals surface area contributed by atoms with Crippen molar-refractivity contribution in [3.63, 3.8) is 0 Å². The Morgan fingerprint density at radius 3 is 2.44 bits per heavy atom. The summed E-state index contributed by atoms with van der Waals surface area (Å²) in [7, 11) is -4.14. The lowest BCUT2D eigenvalue weighted by Gasteiger charge is -2.41. The first-order valence-electron chi connectivity index (χ1n) is 10.7. The third-order valence-electron chi connectivity index (χ3n) is 5.93. The van der Waals surface area contributed by atoms with Crippen LogP contribution in [-0.2, 0) is 20.5 Å². The summed E-state index contributed by atoms with van der Waals surface area (Å²) < 4.78 is 65.0. The standard InChI is InChI=1S/C25H23F2NO5S/c26-20-10-11-22(23(27)17-20)18-6-4-9-21(16-18)28-14-13-25(33-24(28)29,12-5-15-34(30,31)32)19-7-2-1-3-8-19/h1-4,6-11,16-17H,5,12-15H2,(H,30,31,32). The van der Waals surface area contributed by atoms with Crippen LogP contribution >= 0.6 is 0 Å². The number of carbonyl (C=O) groups excluding carboxylic acids is 1. The normalized spacial score (nSPS) is 18.6. The van der Waals surface area contributed by atoms with Crippen LogP contribution < -0.4 is 4.90 Å². The van der Waals surface area contributed by atoms with Gasteiger partial charge in [-0.15, -0.1) is 0 Å². The Morgan fingerprint density at radius 1 is 1.00 bits per heavy atom. The second kappa shape index (κ2) is 9.52. The number of amides is 1. The highest BCUT2D eigenvalue weighted by Gasteiger charge is 2.42. The van der Waals surface area contributed by atoms with Crippen LogP contribution in [0.3, 0.4) is 0 Å². The summed E-state index contributed by atoms with van der Waals surface area (Å²) in [6.45, 7) is 0.273. The van der Waals surface area contributed by atoms with Gasteiger partial charge in [-0.3, -0.25) is 9.45 Å². The molecule has 0 spiro atoms. The maximum Gasteiger partial charge on any atom is 0.415 e. The Bertz CT molecular complexity index is 1300. The van der Waals surface area contributed by atoms with E-state index in [9.17, 15) is 22.0 Å². The molecule has 6 nitrogen and oxygen atoms in total. The van der Waals surface area contributed by atoms with Crippen LogP contribution in [0.25, 0.3) is 11.1 Å². The first-order chi connectivity index (χ1) is 16.2. The lowest BCUT2D eigenvalue weighted by Crippen LogP contribution is -2.48. The lowest BCUT2D eigenvalue weighted by molar-refractivity contribution is -0.0161. The van der Waals surface area contributed by atoms with Crippen molar-refractivity contribution in [1.82, 2.24) is 0 Å². The second-order valence-corrected chi connectivity index (χ2v) is 9.77. The summed E-state index contributed by atoms with van der Waals surface area (Å²) in [5.74, 6) is -1.82. The summed E-state index contributed by atoms with van der Waals surface area (Å²) in [4.78, 5) is 14.5. The minimum atomic E-state index is -4.14. The lowest BCUT2D eigenvalue weighted by atomic mass is 9.85.